The van der Waals surface area contributed by atoms with Crippen LogP contribution in [0.25, 0.3) is 0 Å². The highest BCUT2D eigenvalue weighted by molar-refractivity contribution is 5.60. The summed E-state index contributed by atoms with van der Waals surface area (Å²) < 4.78 is 5.36. The van der Waals surface area contributed by atoms with E-state index in [1.54, 1.807) is 13.3 Å². The Balaban J connectivity index is 1.61. The summed E-state index contributed by atoms with van der Waals surface area (Å²) in [6.45, 7) is 2.74. The molecule has 2 aromatic carbocycles. The maximum atomic E-state index is 5.36. The van der Waals surface area contributed by atoms with Crippen molar-refractivity contribution in [2.75, 3.05) is 24.3 Å². The molecule has 0 bridgehead atoms. The second-order valence-corrected chi connectivity index (χ2v) is 5.59. The first-order chi connectivity index (χ1) is 12.3. The summed E-state index contributed by atoms with van der Waals surface area (Å²) in [5.74, 6) is 2.04. The third-order valence-corrected chi connectivity index (χ3v) is 3.84. The maximum absolute atomic E-state index is 5.36. The highest BCUT2D eigenvalue weighted by atomic mass is 16.5. The highest BCUT2D eigenvalue weighted by Crippen LogP contribution is 2.19. The van der Waals surface area contributed by atoms with Gasteiger partial charge in [-0.1, -0.05) is 36.4 Å². The Morgan fingerprint density at radius 1 is 1.04 bits per heavy atom. The van der Waals surface area contributed by atoms with Gasteiger partial charge in [0.05, 0.1) is 13.3 Å². The lowest BCUT2D eigenvalue weighted by Crippen LogP contribution is -2.10. The van der Waals surface area contributed by atoms with E-state index >= 15 is 0 Å². The van der Waals surface area contributed by atoms with Crippen molar-refractivity contribution >= 4 is 17.5 Å². The number of hydrogen-bond donors (Lipinski definition) is 2. The van der Waals surface area contributed by atoms with Gasteiger partial charge in [0.1, 0.15) is 5.75 Å². The molecule has 0 radical (unpaired) electrons. The number of hydrogen-bond acceptors (Lipinski definition) is 6. The van der Waals surface area contributed by atoms with Crippen molar-refractivity contribution < 1.29 is 4.74 Å². The van der Waals surface area contributed by atoms with Crippen LogP contribution >= 0.6 is 0 Å². The van der Waals surface area contributed by atoms with Gasteiger partial charge in [0.25, 0.3) is 0 Å². The van der Waals surface area contributed by atoms with E-state index < -0.39 is 0 Å². The van der Waals surface area contributed by atoms with Crippen LogP contribution in [-0.2, 0) is 6.42 Å². The Hall–Kier alpha value is -3.15. The Morgan fingerprint density at radius 3 is 2.68 bits per heavy atom. The number of benzene rings is 2. The molecule has 0 saturated heterocycles. The largest absolute Gasteiger partial charge is 0.496 e. The molecule has 0 saturated carbocycles. The first-order valence-electron chi connectivity index (χ1n) is 8.14. The van der Waals surface area contributed by atoms with E-state index in [1.807, 2.05) is 49.4 Å². The molecular weight excluding hydrogens is 314 g/mol. The number of ether oxygens (including phenoxy) is 1. The molecule has 3 aromatic rings. The van der Waals surface area contributed by atoms with E-state index in [4.69, 9.17) is 4.74 Å². The number of anilines is 3. The van der Waals surface area contributed by atoms with Gasteiger partial charge in [0.2, 0.25) is 5.95 Å². The van der Waals surface area contributed by atoms with Crippen molar-refractivity contribution in [1.82, 2.24) is 15.2 Å². The second-order valence-electron chi connectivity index (χ2n) is 5.59. The molecule has 0 unspecified atom stereocenters. The third kappa shape index (κ3) is 4.44. The molecule has 6 nitrogen and oxygen atoms in total. The average molecular weight is 335 g/mol. The molecule has 0 spiro atoms. The van der Waals surface area contributed by atoms with Gasteiger partial charge in [0.15, 0.2) is 5.82 Å². The predicted octanol–water partition coefficient (Wildman–Crippen LogP) is 3.59. The topological polar surface area (TPSA) is 72.0 Å². The molecule has 0 aliphatic heterocycles. The van der Waals surface area contributed by atoms with Crippen molar-refractivity contribution in [2.45, 2.75) is 13.3 Å². The standard InChI is InChI=1S/C19H21N5O/c1-14-7-3-5-9-16(14)22-18-13-21-24-19(23-18)20-12-11-15-8-4-6-10-17(15)25-2/h3-10,13H,11-12H2,1-2H3,(H2,20,22,23,24). The first-order valence-corrected chi connectivity index (χ1v) is 8.14. The van der Waals surface area contributed by atoms with E-state index in [-0.39, 0.29) is 0 Å². The molecule has 0 atom stereocenters. The summed E-state index contributed by atoms with van der Waals surface area (Å²) in [7, 11) is 1.68. The molecule has 3 rings (SSSR count). The summed E-state index contributed by atoms with van der Waals surface area (Å²) in [4.78, 5) is 4.46. The fourth-order valence-electron chi connectivity index (χ4n) is 2.51. The molecule has 1 aromatic heterocycles. The quantitative estimate of drug-likeness (QED) is 0.687. The van der Waals surface area contributed by atoms with Gasteiger partial charge in [-0.25, -0.2) is 0 Å². The number of aryl methyl sites for hydroxylation is 1. The van der Waals surface area contributed by atoms with Crippen LogP contribution in [-0.4, -0.2) is 28.8 Å². The maximum Gasteiger partial charge on any atom is 0.244 e. The molecule has 6 heteroatoms. The average Bonchev–Trinajstić information content (AvgIpc) is 2.64. The molecule has 1 heterocycles. The van der Waals surface area contributed by atoms with Crippen LogP contribution in [0.3, 0.4) is 0 Å². The normalized spacial score (nSPS) is 10.3. The number of methoxy groups -OCH3 is 1. The smallest absolute Gasteiger partial charge is 0.244 e. The monoisotopic (exact) mass is 335 g/mol. The van der Waals surface area contributed by atoms with Crippen molar-refractivity contribution in [2.24, 2.45) is 0 Å². The first kappa shape index (κ1) is 16.7. The van der Waals surface area contributed by atoms with Crippen molar-refractivity contribution in [3.05, 3.63) is 65.9 Å². The zero-order chi connectivity index (χ0) is 17.5. The van der Waals surface area contributed by atoms with Gasteiger partial charge in [-0.15, -0.1) is 5.10 Å². The van der Waals surface area contributed by atoms with Gasteiger partial charge in [-0.3, -0.25) is 0 Å². The highest BCUT2D eigenvalue weighted by Gasteiger charge is 2.04. The molecule has 0 aliphatic rings. The van der Waals surface area contributed by atoms with Gasteiger partial charge >= 0.3 is 0 Å². The molecule has 25 heavy (non-hydrogen) atoms. The SMILES string of the molecule is COc1ccccc1CCNc1nncc(Nc2ccccc2C)n1. The molecule has 0 fully saturated rings. The predicted molar refractivity (Wildman–Crippen MR) is 99.5 cm³/mol. The van der Waals surface area contributed by atoms with Crippen LogP contribution in [0, 0.1) is 6.92 Å². The summed E-state index contributed by atoms with van der Waals surface area (Å²) in [6.07, 6.45) is 2.42. The van der Waals surface area contributed by atoms with Crippen LogP contribution in [0.5, 0.6) is 5.75 Å². The molecular formula is C19H21N5O. The number of nitrogens with zero attached hydrogens (tertiary/aromatic N) is 3. The number of nitrogens with one attached hydrogen (secondary N) is 2. The van der Waals surface area contributed by atoms with Crippen LogP contribution < -0.4 is 15.4 Å². The molecule has 0 amide bonds. The Kier molecular flexibility index (Phi) is 5.41. The van der Waals surface area contributed by atoms with Gasteiger partial charge < -0.3 is 15.4 Å². The summed E-state index contributed by atoms with van der Waals surface area (Å²) in [5, 5.41) is 14.5. The summed E-state index contributed by atoms with van der Waals surface area (Å²) in [5.41, 5.74) is 3.29. The van der Waals surface area contributed by atoms with Gasteiger partial charge in [-0.05, 0) is 36.6 Å². The van der Waals surface area contributed by atoms with E-state index in [0.29, 0.717) is 18.3 Å². The fraction of sp³-hybridized carbons (Fsp3) is 0.211. The number of aromatic nitrogens is 3. The lowest BCUT2D eigenvalue weighted by molar-refractivity contribution is 0.410. The van der Waals surface area contributed by atoms with Crippen molar-refractivity contribution in [3.8, 4) is 5.75 Å². The minimum absolute atomic E-state index is 0.494. The van der Waals surface area contributed by atoms with E-state index in [9.17, 15) is 0 Å². The zero-order valence-electron chi connectivity index (χ0n) is 14.4. The molecule has 2 N–H and O–H groups in total. The molecule has 128 valence electrons. The van der Waals surface area contributed by atoms with E-state index in [2.05, 4.69) is 31.9 Å². The van der Waals surface area contributed by atoms with Gasteiger partial charge in [0, 0.05) is 12.2 Å². The van der Waals surface area contributed by atoms with Crippen molar-refractivity contribution in [1.29, 1.82) is 0 Å². The van der Waals surface area contributed by atoms with Crippen molar-refractivity contribution in [3.63, 3.8) is 0 Å². The van der Waals surface area contributed by atoms with E-state index in [1.165, 1.54) is 0 Å². The number of para-hydroxylation sites is 2. The Bertz CT molecular complexity index is 837. The molecule has 0 aliphatic carbocycles. The van der Waals surface area contributed by atoms with E-state index in [0.717, 1.165) is 29.0 Å². The lowest BCUT2D eigenvalue weighted by atomic mass is 10.1. The van der Waals surface area contributed by atoms with Crippen LogP contribution in [0.2, 0.25) is 0 Å². The van der Waals surface area contributed by atoms with Gasteiger partial charge in [-0.2, -0.15) is 10.1 Å². The van der Waals surface area contributed by atoms with Crippen LogP contribution in [0.15, 0.2) is 54.7 Å². The minimum atomic E-state index is 0.494. The Labute approximate surface area is 147 Å². The fourth-order valence-corrected chi connectivity index (χ4v) is 2.51. The van der Waals surface area contributed by atoms with Crippen LogP contribution in [0.4, 0.5) is 17.5 Å². The Morgan fingerprint density at radius 2 is 1.84 bits per heavy atom. The summed E-state index contributed by atoms with van der Waals surface area (Å²) in [6, 6.07) is 16.0. The second kappa shape index (κ2) is 8.10. The zero-order valence-corrected chi connectivity index (χ0v) is 14.4. The lowest BCUT2D eigenvalue weighted by Gasteiger charge is -2.10. The number of rotatable bonds is 7. The van der Waals surface area contributed by atoms with Crippen LogP contribution in [0.1, 0.15) is 11.1 Å². The minimum Gasteiger partial charge on any atom is -0.496 e. The summed E-state index contributed by atoms with van der Waals surface area (Å²) >= 11 is 0. The third-order valence-electron chi connectivity index (χ3n) is 3.84.